The van der Waals surface area contributed by atoms with Crippen molar-refractivity contribution < 1.29 is 15.0 Å². The number of alkyl halides is 1. The van der Waals surface area contributed by atoms with E-state index in [9.17, 15) is 4.79 Å². The van der Waals surface area contributed by atoms with Gasteiger partial charge in [-0.1, -0.05) is 6.08 Å². The summed E-state index contributed by atoms with van der Waals surface area (Å²) in [4.78, 5) is 9.24. The van der Waals surface area contributed by atoms with Gasteiger partial charge in [-0.2, -0.15) is 0 Å². The van der Waals surface area contributed by atoms with E-state index in [0.29, 0.717) is 0 Å². The molecule has 54 valence electrons. The summed E-state index contributed by atoms with van der Waals surface area (Å²) in [6.07, 6.45) is 1.43. The van der Waals surface area contributed by atoms with Crippen LogP contribution < -0.4 is 0 Å². The number of aliphatic hydroxyl groups is 1. The molecule has 0 aromatic carbocycles. The molecular weight excluding hydrogens is 144 g/mol. The average molecular weight is 153 g/mol. The first kappa shape index (κ1) is 11.3. The molecule has 0 atom stereocenters. The van der Waals surface area contributed by atoms with Crippen molar-refractivity contribution in [2.45, 2.75) is 0 Å². The maximum Gasteiger partial charge on any atom is 0.318 e. The third-order valence-corrected chi connectivity index (χ3v) is 0.472. The molecule has 4 heteroatoms. The zero-order valence-corrected chi connectivity index (χ0v) is 5.64. The highest BCUT2D eigenvalue weighted by atomic mass is 35.5. The summed E-state index contributed by atoms with van der Waals surface area (Å²) in [5.41, 5.74) is 0. The van der Waals surface area contributed by atoms with E-state index in [1.54, 1.807) is 0 Å². The largest absolute Gasteiger partial charge is 0.480 e. The summed E-state index contributed by atoms with van der Waals surface area (Å²) in [5.74, 6) is -1.29. The maximum atomic E-state index is 9.24. The summed E-state index contributed by atoms with van der Waals surface area (Å²) >= 11 is 4.74. The van der Waals surface area contributed by atoms with Crippen molar-refractivity contribution in [3.8, 4) is 0 Å². The van der Waals surface area contributed by atoms with Gasteiger partial charge < -0.3 is 10.2 Å². The minimum atomic E-state index is -0.980. The van der Waals surface area contributed by atoms with Crippen LogP contribution in [0, 0.1) is 0 Å². The highest BCUT2D eigenvalue weighted by molar-refractivity contribution is 6.26. The standard InChI is InChI=1S/C3H6O.C2H3ClO2/c1-2-3-4;3-1-2(4)5/h2,4H,1,3H2;1H2,(H,4,5). The van der Waals surface area contributed by atoms with E-state index in [4.69, 9.17) is 21.8 Å². The summed E-state index contributed by atoms with van der Waals surface area (Å²) in [5, 5.41) is 15.3. The van der Waals surface area contributed by atoms with Crippen LogP contribution in [0.1, 0.15) is 0 Å². The number of carboxylic acid groups (broad SMARTS) is 1. The highest BCUT2D eigenvalue weighted by Crippen LogP contribution is 1.67. The Labute approximate surface area is 58.6 Å². The monoisotopic (exact) mass is 152 g/mol. The number of carbonyl (C=O) groups is 1. The Balaban J connectivity index is 0. The molecule has 0 aromatic heterocycles. The molecule has 0 aliphatic heterocycles. The molecule has 0 saturated carbocycles. The van der Waals surface area contributed by atoms with E-state index >= 15 is 0 Å². The Bertz CT molecular complexity index is 82.3. The molecule has 0 unspecified atom stereocenters. The quantitative estimate of drug-likeness (QED) is 0.447. The van der Waals surface area contributed by atoms with Crippen molar-refractivity contribution in [3.63, 3.8) is 0 Å². The van der Waals surface area contributed by atoms with Gasteiger partial charge in [-0.25, -0.2) is 0 Å². The van der Waals surface area contributed by atoms with Crippen LogP contribution in [0.4, 0.5) is 0 Å². The van der Waals surface area contributed by atoms with E-state index in [1.807, 2.05) is 0 Å². The van der Waals surface area contributed by atoms with Gasteiger partial charge in [0, 0.05) is 0 Å². The predicted molar refractivity (Wildman–Crippen MR) is 35.6 cm³/mol. The second kappa shape index (κ2) is 10.4. The van der Waals surface area contributed by atoms with Gasteiger partial charge in [-0.05, 0) is 0 Å². The van der Waals surface area contributed by atoms with Gasteiger partial charge in [0.2, 0.25) is 0 Å². The fourth-order valence-electron chi connectivity index (χ4n) is 0. The van der Waals surface area contributed by atoms with Gasteiger partial charge in [0.15, 0.2) is 0 Å². The lowest BCUT2D eigenvalue weighted by Gasteiger charge is -1.69. The van der Waals surface area contributed by atoms with E-state index in [-0.39, 0.29) is 12.5 Å². The van der Waals surface area contributed by atoms with Gasteiger partial charge >= 0.3 is 5.97 Å². The Hall–Kier alpha value is -0.540. The Morgan fingerprint density at radius 2 is 2.00 bits per heavy atom. The van der Waals surface area contributed by atoms with Crippen molar-refractivity contribution >= 4 is 17.6 Å². The molecule has 0 aromatic rings. The normalized spacial score (nSPS) is 6.89. The van der Waals surface area contributed by atoms with Crippen molar-refractivity contribution in [1.82, 2.24) is 0 Å². The maximum absolute atomic E-state index is 9.24. The summed E-state index contributed by atoms with van der Waals surface area (Å²) in [6, 6.07) is 0. The van der Waals surface area contributed by atoms with E-state index in [0.717, 1.165) is 0 Å². The summed E-state index contributed by atoms with van der Waals surface area (Å²) in [6.45, 7) is 3.31. The lowest BCUT2D eigenvalue weighted by Crippen LogP contribution is -1.92. The lowest BCUT2D eigenvalue weighted by atomic mass is 10.7. The third kappa shape index (κ3) is 36.7. The topological polar surface area (TPSA) is 57.5 Å². The first-order valence-electron chi connectivity index (χ1n) is 2.18. The molecule has 3 nitrogen and oxygen atoms in total. The van der Waals surface area contributed by atoms with Crippen LogP contribution in [-0.4, -0.2) is 28.7 Å². The Morgan fingerprint density at radius 3 is 2.00 bits per heavy atom. The van der Waals surface area contributed by atoms with Crippen LogP contribution in [0.5, 0.6) is 0 Å². The zero-order chi connectivity index (χ0) is 7.70. The smallest absolute Gasteiger partial charge is 0.318 e. The Morgan fingerprint density at radius 1 is 1.78 bits per heavy atom. The Kier molecular flexibility index (Phi) is 13.1. The number of aliphatic carboxylic acids is 1. The molecule has 0 bridgehead atoms. The van der Waals surface area contributed by atoms with Gasteiger partial charge in [-0.15, -0.1) is 18.2 Å². The fraction of sp³-hybridized carbons (Fsp3) is 0.400. The van der Waals surface area contributed by atoms with E-state index in [1.165, 1.54) is 6.08 Å². The molecule has 0 spiro atoms. The number of hydrogen-bond donors (Lipinski definition) is 2. The van der Waals surface area contributed by atoms with Gasteiger partial charge in [0.05, 0.1) is 6.61 Å². The molecule has 2 N–H and O–H groups in total. The van der Waals surface area contributed by atoms with Crippen molar-refractivity contribution in [3.05, 3.63) is 12.7 Å². The zero-order valence-electron chi connectivity index (χ0n) is 4.88. The molecule has 0 aliphatic carbocycles. The van der Waals surface area contributed by atoms with Crippen molar-refractivity contribution in [1.29, 1.82) is 0 Å². The average Bonchev–Trinajstić information content (AvgIpc) is 1.89. The van der Waals surface area contributed by atoms with Gasteiger partial charge in [0.1, 0.15) is 5.88 Å². The predicted octanol–water partition coefficient (Wildman–Crippen LogP) is 0.474. The van der Waals surface area contributed by atoms with Gasteiger partial charge in [0.25, 0.3) is 0 Å². The molecular formula is C5H9ClO3. The second-order valence-corrected chi connectivity index (χ2v) is 1.27. The lowest BCUT2D eigenvalue weighted by molar-refractivity contribution is -0.134. The second-order valence-electron chi connectivity index (χ2n) is 0.999. The molecule has 0 radical (unpaired) electrons. The first-order valence-corrected chi connectivity index (χ1v) is 2.72. The molecule has 0 heterocycles. The number of aliphatic hydroxyl groups excluding tert-OH is 1. The molecule has 0 saturated heterocycles. The number of hydrogen-bond acceptors (Lipinski definition) is 2. The molecule has 0 fully saturated rings. The highest BCUT2D eigenvalue weighted by Gasteiger charge is 1.83. The first-order chi connectivity index (χ1) is 4.18. The molecule has 0 aliphatic rings. The van der Waals surface area contributed by atoms with Crippen molar-refractivity contribution in [2.75, 3.05) is 12.5 Å². The SMILES string of the molecule is C=CCO.O=C(O)CCl. The van der Waals surface area contributed by atoms with Gasteiger partial charge in [-0.3, -0.25) is 4.79 Å². The van der Waals surface area contributed by atoms with Crippen molar-refractivity contribution in [2.24, 2.45) is 0 Å². The van der Waals surface area contributed by atoms with Crippen LogP contribution in [0.2, 0.25) is 0 Å². The van der Waals surface area contributed by atoms with Crippen LogP contribution >= 0.6 is 11.6 Å². The van der Waals surface area contributed by atoms with Crippen LogP contribution in [0.15, 0.2) is 12.7 Å². The minimum Gasteiger partial charge on any atom is -0.480 e. The van der Waals surface area contributed by atoms with E-state index < -0.39 is 5.97 Å². The molecule has 9 heavy (non-hydrogen) atoms. The number of rotatable bonds is 2. The number of carboxylic acids is 1. The minimum absolute atomic E-state index is 0.0833. The van der Waals surface area contributed by atoms with Crippen LogP contribution in [-0.2, 0) is 4.79 Å². The fourth-order valence-corrected chi connectivity index (χ4v) is 0. The molecule has 0 rings (SSSR count). The van der Waals surface area contributed by atoms with Crippen LogP contribution in [0.3, 0.4) is 0 Å². The van der Waals surface area contributed by atoms with E-state index in [2.05, 4.69) is 6.58 Å². The summed E-state index contributed by atoms with van der Waals surface area (Å²) < 4.78 is 0. The third-order valence-electron chi connectivity index (χ3n) is 0.243. The molecule has 0 amide bonds. The number of halogens is 1. The van der Waals surface area contributed by atoms with Crippen LogP contribution in [0.25, 0.3) is 0 Å². The summed E-state index contributed by atoms with van der Waals surface area (Å²) in [7, 11) is 0.